The van der Waals surface area contributed by atoms with Gasteiger partial charge in [-0.2, -0.15) is 11.8 Å². The molecule has 1 heterocycles. The summed E-state index contributed by atoms with van der Waals surface area (Å²) in [6.45, 7) is 0. The molecule has 0 aromatic carbocycles. The molecule has 118 valence electrons. The Labute approximate surface area is 127 Å². The first-order valence-electron chi connectivity index (χ1n) is 7.73. The average Bonchev–Trinajstić information content (AvgIpc) is 2.45. The molecular weight excluding hydrogens is 292 g/mol. The molecule has 20 heavy (non-hydrogen) atoms. The molecule has 1 saturated heterocycles. The van der Waals surface area contributed by atoms with Gasteiger partial charge in [-0.3, -0.25) is 11.3 Å². The molecule has 1 saturated carbocycles. The summed E-state index contributed by atoms with van der Waals surface area (Å²) < 4.78 is 23.6. The van der Waals surface area contributed by atoms with Gasteiger partial charge in [0.2, 0.25) is 0 Å². The number of hydrazine groups is 1. The monoisotopic (exact) mass is 320 g/mol. The highest BCUT2D eigenvalue weighted by Crippen LogP contribution is 2.34. The fourth-order valence-corrected chi connectivity index (χ4v) is 6.07. The second-order valence-electron chi connectivity index (χ2n) is 6.44. The van der Waals surface area contributed by atoms with Gasteiger partial charge in [-0.05, 0) is 61.9 Å². The summed E-state index contributed by atoms with van der Waals surface area (Å²) in [6, 6.07) is 0.285. The Balaban J connectivity index is 1.92. The first-order valence-corrected chi connectivity index (χ1v) is 10.8. The molecular formula is C14H28N2O2S2. The summed E-state index contributed by atoms with van der Waals surface area (Å²) >= 11 is 2.04. The van der Waals surface area contributed by atoms with Crippen molar-refractivity contribution in [2.75, 3.05) is 17.8 Å². The van der Waals surface area contributed by atoms with Gasteiger partial charge in [-0.1, -0.05) is 6.42 Å². The topological polar surface area (TPSA) is 72.2 Å². The highest BCUT2D eigenvalue weighted by molar-refractivity contribution is 7.99. The van der Waals surface area contributed by atoms with Gasteiger partial charge in [0.15, 0.2) is 0 Å². The van der Waals surface area contributed by atoms with Crippen molar-refractivity contribution < 1.29 is 8.42 Å². The van der Waals surface area contributed by atoms with E-state index in [4.69, 9.17) is 5.84 Å². The molecule has 0 aromatic rings. The van der Waals surface area contributed by atoms with Crippen LogP contribution in [0.3, 0.4) is 0 Å². The molecule has 2 aliphatic rings. The highest BCUT2D eigenvalue weighted by atomic mass is 32.2. The number of nitrogens with one attached hydrogen (secondary N) is 1. The largest absolute Gasteiger partial charge is 0.271 e. The third-order valence-electron chi connectivity index (χ3n) is 4.98. The molecule has 0 radical (unpaired) electrons. The lowest BCUT2D eigenvalue weighted by Gasteiger charge is -2.36. The molecule has 3 N–H and O–H groups in total. The van der Waals surface area contributed by atoms with Crippen molar-refractivity contribution >= 4 is 21.6 Å². The molecule has 0 bridgehead atoms. The second kappa shape index (κ2) is 7.47. The van der Waals surface area contributed by atoms with Crippen molar-refractivity contribution in [2.45, 2.75) is 56.2 Å². The standard InChI is InChI=1S/C14H28N2O2S2/c1-20(17,18)13-4-2-3-12(10-13)14(16-15)9-11-5-7-19-8-6-11/h11-14,16H,2-10,15H2,1H3. The van der Waals surface area contributed by atoms with Gasteiger partial charge in [0.1, 0.15) is 9.84 Å². The lowest BCUT2D eigenvalue weighted by Crippen LogP contribution is -2.45. The van der Waals surface area contributed by atoms with E-state index < -0.39 is 9.84 Å². The minimum absolute atomic E-state index is 0.154. The second-order valence-corrected chi connectivity index (χ2v) is 9.99. The van der Waals surface area contributed by atoms with E-state index in [0.29, 0.717) is 5.92 Å². The van der Waals surface area contributed by atoms with Gasteiger partial charge in [-0.15, -0.1) is 0 Å². The Morgan fingerprint density at radius 2 is 1.95 bits per heavy atom. The Morgan fingerprint density at radius 3 is 2.55 bits per heavy atom. The van der Waals surface area contributed by atoms with Gasteiger partial charge in [-0.25, -0.2) is 8.42 Å². The zero-order chi connectivity index (χ0) is 14.6. The summed E-state index contributed by atoms with van der Waals surface area (Å²) in [6.07, 6.45) is 8.79. The summed E-state index contributed by atoms with van der Waals surface area (Å²) in [7, 11) is -2.91. The van der Waals surface area contributed by atoms with Crippen LogP contribution in [0.5, 0.6) is 0 Å². The maximum absolute atomic E-state index is 11.8. The molecule has 2 rings (SSSR count). The number of hydrogen-bond acceptors (Lipinski definition) is 5. The van der Waals surface area contributed by atoms with Crippen molar-refractivity contribution in [3.8, 4) is 0 Å². The first kappa shape index (κ1) is 16.6. The van der Waals surface area contributed by atoms with Crippen LogP contribution in [0.2, 0.25) is 0 Å². The van der Waals surface area contributed by atoms with Crippen LogP contribution in [-0.4, -0.2) is 37.5 Å². The van der Waals surface area contributed by atoms with Crippen molar-refractivity contribution in [1.82, 2.24) is 5.43 Å². The smallest absolute Gasteiger partial charge is 0.150 e. The minimum Gasteiger partial charge on any atom is -0.271 e. The normalized spacial score (nSPS) is 31.1. The van der Waals surface area contributed by atoms with E-state index in [1.807, 2.05) is 11.8 Å². The zero-order valence-electron chi connectivity index (χ0n) is 12.4. The molecule has 0 spiro atoms. The lowest BCUT2D eigenvalue weighted by molar-refractivity contribution is 0.231. The van der Waals surface area contributed by atoms with Crippen LogP contribution in [0, 0.1) is 11.8 Å². The maximum Gasteiger partial charge on any atom is 0.150 e. The Bertz CT molecular complexity index is 394. The number of rotatable bonds is 5. The zero-order valence-corrected chi connectivity index (χ0v) is 14.0. The summed E-state index contributed by atoms with van der Waals surface area (Å²) in [5, 5.41) is -0.154. The van der Waals surface area contributed by atoms with E-state index in [1.165, 1.54) is 30.6 Å². The lowest BCUT2D eigenvalue weighted by atomic mass is 9.79. The number of thioether (sulfide) groups is 1. The molecule has 1 aliphatic carbocycles. The molecule has 2 fully saturated rings. The minimum atomic E-state index is -2.91. The van der Waals surface area contributed by atoms with Crippen LogP contribution < -0.4 is 11.3 Å². The number of nitrogens with two attached hydrogens (primary N) is 1. The SMILES string of the molecule is CS(=O)(=O)C1CCCC(C(CC2CCSCC2)NN)C1. The molecule has 1 aliphatic heterocycles. The van der Waals surface area contributed by atoms with Crippen LogP contribution in [-0.2, 0) is 9.84 Å². The van der Waals surface area contributed by atoms with E-state index >= 15 is 0 Å². The molecule has 3 atom stereocenters. The predicted octanol–water partition coefficient (Wildman–Crippen LogP) is 1.95. The van der Waals surface area contributed by atoms with Crippen LogP contribution in [0.15, 0.2) is 0 Å². The van der Waals surface area contributed by atoms with E-state index in [0.717, 1.165) is 38.0 Å². The average molecular weight is 321 g/mol. The van der Waals surface area contributed by atoms with Crippen molar-refractivity contribution in [1.29, 1.82) is 0 Å². The van der Waals surface area contributed by atoms with Gasteiger partial charge in [0, 0.05) is 12.3 Å². The van der Waals surface area contributed by atoms with Crippen LogP contribution >= 0.6 is 11.8 Å². The first-order chi connectivity index (χ1) is 9.50. The molecule has 0 aromatic heterocycles. The summed E-state index contributed by atoms with van der Waals surface area (Å²) in [5.41, 5.74) is 2.99. The Hall–Kier alpha value is 0.220. The van der Waals surface area contributed by atoms with Gasteiger partial charge >= 0.3 is 0 Å². The van der Waals surface area contributed by atoms with E-state index in [9.17, 15) is 8.42 Å². The van der Waals surface area contributed by atoms with E-state index in [1.54, 1.807) is 0 Å². The van der Waals surface area contributed by atoms with Crippen LogP contribution in [0.4, 0.5) is 0 Å². The fourth-order valence-electron chi connectivity index (χ4n) is 3.67. The molecule has 4 nitrogen and oxygen atoms in total. The highest BCUT2D eigenvalue weighted by Gasteiger charge is 2.33. The number of sulfone groups is 1. The van der Waals surface area contributed by atoms with Gasteiger partial charge in [0.25, 0.3) is 0 Å². The fraction of sp³-hybridized carbons (Fsp3) is 1.00. The molecule has 6 heteroatoms. The Kier molecular flexibility index (Phi) is 6.20. The quantitative estimate of drug-likeness (QED) is 0.598. The molecule has 3 unspecified atom stereocenters. The van der Waals surface area contributed by atoms with Crippen LogP contribution in [0.25, 0.3) is 0 Å². The molecule has 0 amide bonds. The summed E-state index contributed by atoms with van der Waals surface area (Å²) in [5.74, 6) is 9.48. The van der Waals surface area contributed by atoms with Crippen molar-refractivity contribution in [3.05, 3.63) is 0 Å². The predicted molar refractivity (Wildman–Crippen MR) is 86.4 cm³/mol. The maximum atomic E-state index is 11.8. The Morgan fingerprint density at radius 1 is 1.25 bits per heavy atom. The van der Waals surface area contributed by atoms with Gasteiger partial charge < -0.3 is 0 Å². The van der Waals surface area contributed by atoms with Crippen molar-refractivity contribution in [2.24, 2.45) is 17.7 Å². The van der Waals surface area contributed by atoms with E-state index in [-0.39, 0.29) is 11.3 Å². The van der Waals surface area contributed by atoms with Crippen molar-refractivity contribution in [3.63, 3.8) is 0 Å². The van der Waals surface area contributed by atoms with Crippen LogP contribution in [0.1, 0.15) is 44.9 Å². The number of hydrogen-bond donors (Lipinski definition) is 2. The van der Waals surface area contributed by atoms with Gasteiger partial charge in [0.05, 0.1) is 5.25 Å². The third-order valence-corrected chi connectivity index (χ3v) is 7.67. The van der Waals surface area contributed by atoms with E-state index in [2.05, 4.69) is 5.43 Å². The third kappa shape index (κ3) is 4.61. The summed E-state index contributed by atoms with van der Waals surface area (Å²) in [4.78, 5) is 0.